The van der Waals surface area contributed by atoms with E-state index in [2.05, 4.69) is 40.0 Å². The molecule has 0 amide bonds. The van der Waals surface area contributed by atoms with Gasteiger partial charge in [-0.3, -0.25) is 9.59 Å². The molecule has 51 heavy (non-hydrogen) atoms. The van der Waals surface area contributed by atoms with Crippen LogP contribution in [0.25, 0.3) is 0 Å². The number of nitrogens with zero attached hydrogens (tertiary/aromatic N) is 4. The molecule has 0 fully saturated rings. The number of nitrogens with one attached hydrogen (secondary N) is 4. The van der Waals surface area contributed by atoms with Gasteiger partial charge in [-0.15, -0.1) is 0 Å². The third-order valence-corrected chi connectivity index (χ3v) is 9.23. The van der Waals surface area contributed by atoms with Crippen molar-refractivity contribution in [1.29, 1.82) is 0 Å². The van der Waals surface area contributed by atoms with Gasteiger partial charge in [0.1, 0.15) is 0 Å². The number of hydrogen-bond donors (Lipinski definition) is 4. The Morgan fingerprint density at radius 1 is 0.490 bits per heavy atom. The quantitative estimate of drug-likeness (QED) is 0.165. The third-order valence-electron chi connectivity index (χ3n) is 6.54. The molecule has 0 bridgehead atoms. The Morgan fingerprint density at radius 2 is 0.824 bits per heavy atom. The molecule has 4 aromatic rings. The van der Waals surface area contributed by atoms with E-state index in [4.69, 9.17) is 0 Å². The van der Waals surface area contributed by atoms with Gasteiger partial charge in [0.2, 0.25) is 11.9 Å². The number of benzene rings is 2. The number of aromatic nitrogens is 4. The molecular weight excluding hydrogens is 739 g/mol. The monoisotopic (exact) mass is 767 g/mol. The molecule has 2 aromatic carbocycles. The Labute approximate surface area is 304 Å². The SMILES string of the molecule is O=C1C=CC=CC1=CNc1ccc(S(=O)(=O)Nc2ncccn2)cc1.O=C1C=CC=CC1=CNc1ccc(S(=O)(=O)Nc2ncccn2)cc1.[Co+2]. The Kier molecular flexibility index (Phi) is 13.0. The average Bonchev–Trinajstić information content (AvgIpc) is 3.12. The van der Waals surface area contributed by atoms with Crippen LogP contribution in [0.5, 0.6) is 0 Å². The molecular formula is C34H28CoN8O6S2+2. The average molecular weight is 768 g/mol. The van der Waals surface area contributed by atoms with E-state index in [1.165, 1.54) is 61.2 Å². The smallest absolute Gasteiger partial charge is 0.361 e. The number of hydrogen-bond acceptors (Lipinski definition) is 12. The summed E-state index contributed by atoms with van der Waals surface area (Å²) in [6, 6.07) is 15.4. The summed E-state index contributed by atoms with van der Waals surface area (Å²) in [4.78, 5) is 38.7. The first kappa shape index (κ1) is 37.8. The van der Waals surface area contributed by atoms with Crippen LogP contribution in [0.1, 0.15) is 0 Å². The molecule has 6 rings (SSSR count). The van der Waals surface area contributed by atoms with Gasteiger partial charge in [-0.1, -0.05) is 24.3 Å². The standard InChI is InChI=1S/2C17H14N4O3S.Co/c2*22-16-5-2-1-4-13(16)12-20-14-6-8-15(9-7-14)25(23,24)21-17-18-10-3-11-19-17;/h2*1-12,20H,(H,18,19,21);/q;;+2. The van der Waals surface area contributed by atoms with E-state index in [-0.39, 0.29) is 50.0 Å². The van der Waals surface area contributed by atoms with Gasteiger partial charge < -0.3 is 10.6 Å². The zero-order valence-corrected chi connectivity index (χ0v) is 28.9. The summed E-state index contributed by atoms with van der Waals surface area (Å²) in [7, 11) is -7.53. The summed E-state index contributed by atoms with van der Waals surface area (Å²) in [5.74, 6) is -0.183. The fourth-order valence-corrected chi connectivity index (χ4v) is 5.96. The van der Waals surface area contributed by atoms with E-state index < -0.39 is 20.0 Å². The van der Waals surface area contributed by atoms with Crippen molar-refractivity contribution in [3.8, 4) is 0 Å². The molecule has 2 aliphatic carbocycles. The molecule has 4 N–H and O–H groups in total. The van der Waals surface area contributed by atoms with Crippen LogP contribution >= 0.6 is 0 Å². The summed E-state index contributed by atoms with van der Waals surface area (Å²) in [6.07, 6.45) is 22.1. The van der Waals surface area contributed by atoms with E-state index in [9.17, 15) is 26.4 Å². The number of ketones is 2. The fraction of sp³-hybridized carbons (Fsp3) is 0. The predicted octanol–water partition coefficient (Wildman–Crippen LogP) is 4.53. The van der Waals surface area contributed by atoms with Gasteiger partial charge in [0, 0.05) is 59.7 Å². The van der Waals surface area contributed by atoms with Crippen molar-refractivity contribution in [1.82, 2.24) is 19.9 Å². The van der Waals surface area contributed by atoms with Gasteiger partial charge in [0.15, 0.2) is 11.6 Å². The second kappa shape index (κ2) is 17.6. The Balaban J connectivity index is 0.000000224. The molecule has 0 saturated carbocycles. The summed E-state index contributed by atoms with van der Waals surface area (Å²) in [6.45, 7) is 0. The second-order valence-corrected chi connectivity index (χ2v) is 13.4. The van der Waals surface area contributed by atoms with Crippen LogP contribution in [0.15, 0.2) is 167 Å². The van der Waals surface area contributed by atoms with Crippen molar-refractivity contribution in [2.45, 2.75) is 9.79 Å². The molecule has 0 spiro atoms. The first-order valence-corrected chi connectivity index (χ1v) is 17.6. The zero-order chi connectivity index (χ0) is 35.4. The van der Waals surface area contributed by atoms with Crippen molar-refractivity contribution in [2.24, 2.45) is 0 Å². The van der Waals surface area contributed by atoms with Crippen molar-refractivity contribution in [3.05, 3.63) is 158 Å². The van der Waals surface area contributed by atoms with Crippen LogP contribution in [-0.4, -0.2) is 48.3 Å². The van der Waals surface area contributed by atoms with Crippen molar-refractivity contribution in [3.63, 3.8) is 0 Å². The van der Waals surface area contributed by atoms with Crippen molar-refractivity contribution in [2.75, 3.05) is 20.1 Å². The van der Waals surface area contributed by atoms with Gasteiger partial charge in [-0.25, -0.2) is 46.2 Å². The van der Waals surface area contributed by atoms with Crippen molar-refractivity contribution < 1.29 is 43.2 Å². The predicted molar refractivity (Wildman–Crippen MR) is 189 cm³/mol. The maximum atomic E-state index is 12.3. The molecule has 1 radical (unpaired) electrons. The van der Waals surface area contributed by atoms with Crippen LogP contribution in [0.4, 0.5) is 23.3 Å². The Bertz CT molecular complexity index is 2100. The molecule has 17 heteroatoms. The molecule has 0 unspecified atom stereocenters. The van der Waals surface area contributed by atoms with Crippen LogP contribution in [0.3, 0.4) is 0 Å². The van der Waals surface area contributed by atoms with Gasteiger partial charge in [0.05, 0.1) is 9.79 Å². The summed E-state index contributed by atoms with van der Waals surface area (Å²) in [5, 5.41) is 5.93. The second-order valence-electron chi connectivity index (χ2n) is 10.1. The first-order valence-electron chi connectivity index (χ1n) is 14.6. The number of allylic oxidation sites excluding steroid dienone is 10. The summed E-state index contributed by atoms with van der Waals surface area (Å²) < 4.78 is 53.7. The molecule has 259 valence electrons. The normalized spacial score (nSPS) is 15.1. The molecule has 2 heterocycles. The molecule has 0 atom stereocenters. The number of carbonyl (C=O) groups excluding carboxylic acids is 2. The molecule has 0 aliphatic heterocycles. The van der Waals surface area contributed by atoms with Crippen LogP contribution in [0, 0.1) is 0 Å². The summed E-state index contributed by atoms with van der Waals surface area (Å²) in [5.41, 5.74) is 2.33. The number of sulfonamides is 2. The van der Waals surface area contributed by atoms with Gasteiger partial charge in [-0.05, 0) is 85.0 Å². The summed E-state index contributed by atoms with van der Waals surface area (Å²) >= 11 is 0. The van der Waals surface area contributed by atoms with Gasteiger partial charge >= 0.3 is 16.8 Å². The molecule has 0 saturated heterocycles. The fourth-order valence-electron chi connectivity index (χ4n) is 4.04. The molecule has 2 aliphatic rings. The van der Waals surface area contributed by atoms with Crippen LogP contribution < -0.4 is 20.1 Å². The van der Waals surface area contributed by atoms with Crippen LogP contribution in [-0.2, 0) is 46.4 Å². The maximum absolute atomic E-state index is 12.3. The number of carbonyl (C=O) groups is 2. The zero-order valence-electron chi connectivity index (χ0n) is 26.2. The van der Waals surface area contributed by atoms with E-state index >= 15 is 0 Å². The largest absolute Gasteiger partial charge is 2.00 e. The molecule has 14 nitrogen and oxygen atoms in total. The molecule has 2 aromatic heterocycles. The number of anilines is 4. The van der Waals surface area contributed by atoms with Gasteiger partial charge in [-0.2, -0.15) is 0 Å². The van der Waals surface area contributed by atoms with E-state index in [1.54, 1.807) is 85.3 Å². The van der Waals surface area contributed by atoms with E-state index in [1.807, 2.05) is 0 Å². The first-order chi connectivity index (χ1) is 24.1. The minimum absolute atomic E-state index is 0. The van der Waals surface area contributed by atoms with Crippen LogP contribution in [0.2, 0.25) is 0 Å². The van der Waals surface area contributed by atoms with E-state index in [0.717, 1.165) is 0 Å². The van der Waals surface area contributed by atoms with E-state index in [0.29, 0.717) is 22.5 Å². The third kappa shape index (κ3) is 11.0. The topological polar surface area (TPSA) is 202 Å². The number of rotatable bonds is 10. The van der Waals surface area contributed by atoms with Crippen molar-refractivity contribution >= 4 is 54.9 Å². The maximum Gasteiger partial charge on any atom is 2.00 e. The van der Waals surface area contributed by atoms with Gasteiger partial charge in [0.25, 0.3) is 20.0 Å². The minimum Gasteiger partial charge on any atom is -0.361 e. The Morgan fingerprint density at radius 3 is 1.16 bits per heavy atom. The Hall–Kier alpha value is -6.01. The minimum atomic E-state index is -3.77.